The van der Waals surface area contributed by atoms with E-state index in [9.17, 15) is 44.7 Å². The normalized spacial score (nSPS) is 13.2. The Labute approximate surface area is 124 Å². The van der Waals surface area contributed by atoms with Gasteiger partial charge in [0, 0.05) is 12.2 Å². The maximum absolute atomic E-state index is 12.7. The van der Waals surface area contributed by atoms with Gasteiger partial charge in [0.15, 0.2) is 6.17 Å². The second-order valence-electron chi connectivity index (χ2n) is 3.59. The fraction of sp³-hybridized carbons (Fsp3) is 0.455. The Morgan fingerprint density at radius 2 is 1.43 bits per heavy atom. The summed E-state index contributed by atoms with van der Waals surface area (Å²) in [4.78, 5) is 19.5. The van der Waals surface area contributed by atoms with Crippen LogP contribution in [0.15, 0.2) is 25.3 Å². The Morgan fingerprint density at radius 3 is 1.70 bits per heavy atom. The Balaban J connectivity index is 0. The van der Waals surface area contributed by atoms with Crippen LogP contribution in [-0.4, -0.2) is 41.4 Å². The summed E-state index contributed by atoms with van der Waals surface area (Å²) >= 11 is 0. The number of carbonyl (C=O) groups is 2. The number of rotatable bonds is 6. The van der Waals surface area contributed by atoms with Gasteiger partial charge in [0.05, 0.1) is 6.42 Å². The van der Waals surface area contributed by atoms with Crippen molar-refractivity contribution in [1.29, 1.82) is 0 Å². The predicted octanol–water partition coefficient (Wildman–Crippen LogP) is 3.49. The summed E-state index contributed by atoms with van der Waals surface area (Å²) in [5, 5.41) is 7.60. The second-order valence-corrected chi connectivity index (χ2v) is 3.59. The Kier molecular flexibility index (Phi) is 8.53. The monoisotopic (exact) mass is 358 g/mol. The molecular formula is C11H10F8O4. The minimum atomic E-state index is -5.82. The number of carbonyl (C=O) groups excluding carboxylic acids is 1. The lowest BCUT2D eigenvalue weighted by Crippen LogP contribution is -2.51. The molecule has 23 heavy (non-hydrogen) atoms. The number of carboxylic acid groups (broad SMARTS) is 1. The van der Waals surface area contributed by atoms with Crippen LogP contribution in [0.4, 0.5) is 35.1 Å². The fourth-order valence-corrected chi connectivity index (χ4v) is 0.750. The molecule has 0 aliphatic heterocycles. The van der Waals surface area contributed by atoms with Crippen LogP contribution in [0.1, 0.15) is 6.42 Å². The first-order chi connectivity index (χ1) is 10.1. The van der Waals surface area contributed by atoms with Crippen molar-refractivity contribution in [2.24, 2.45) is 0 Å². The quantitative estimate of drug-likeness (QED) is 0.449. The van der Waals surface area contributed by atoms with E-state index in [0.717, 1.165) is 6.08 Å². The summed E-state index contributed by atoms with van der Waals surface area (Å²) in [5.74, 6) is -8.83. The van der Waals surface area contributed by atoms with E-state index < -0.39 is 42.7 Å². The van der Waals surface area contributed by atoms with Gasteiger partial charge in [0.2, 0.25) is 0 Å². The summed E-state index contributed by atoms with van der Waals surface area (Å²) in [6.45, 7) is 5.57. The van der Waals surface area contributed by atoms with E-state index in [0.29, 0.717) is 0 Å². The van der Waals surface area contributed by atoms with E-state index in [1.54, 1.807) is 0 Å². The highest BCUT2D eigenvalue weighted by atomic mass is 19.4. The predicted molar refractivity (Wildman–Crippen MR) is 59.6 cm³/mol. The molecule has 1 atom stereocenters. The fourth-order valence-electron chi connectivity index (χ4n) is 0.750. The molecule has 134 valence electrons. The molecular weight excluding hydrogens is 348 g/mol. The minimum Gasteiger partial charge on any atom is -0.478 e. The van der Waals surface area contributed by atoms with Crippen molar-refractivity contribution in [2.45, 2.75) is 30.8 Å². The zero-order chi connectivity index (χ0) is 19.1. The van der Waals surface area contributed by atoms with Gasteiger partial charge < -0.3 is 9.84 Å². The molecule has 4 nitrogen and oxygen atoms in total. The van der Waals surface area contributed by atoms with Gasteiger partial charge in [0.1, 0.15) is 0 Å². The Morgan fingerprint density at radius 1 is 1.04 bits per heavy atom. The zero-order valence-electron chi connectivity index (χ0n) is 11.0. The number of hydrogen-bond acceptors (Lipinski definition) is 3. The summed E-state index contributed by atoms with van der Waals surface area (Å²) < 4.78 is 101. The molecule has 0 heterocycles. The number of alkyl halides is 8. The second kappa shape index (κ2) is 8.48. The van der Waals surface area contributed by atoms with Crippen LogP contribution in [0.25, 0.3) is 0 Å². The van der Waals surface area contributed by atoms with Gasteiger partial charge in [0.25, 0.3) is 0 Å². The van der Waals surface area contributed by atoms with Crippen LogP contribution in [-0.2, 0) is 14.3 Å². The molecule has 0 rings (SSSR count). The van der Waals surface area contributed by atoms with Crippen molar-refractivity contribution < 1.29 is 54.6 Å². The Hall–Kier alpha value is -2.14. The summed E-state index contributed by atoms with van der Waals surface area (Å²) in [5.41, 5.74) is 0. The summed E-state index contributed by atoms with van der Waals surface area (Å²) in [7, 11) is 0. The number of ether oxygens (including phenoxy) is 1. The van der Waals surface area contributed by atoms with Gasteiger partial charge in [-0.3, -0.25) is 0 Å². The summed E-state index contributed by atoms with van der Waals surface area (Å²) in [6.07, 6.45) is -17.3. The summed E-state index contributed by atoms with van der Waals surface area (Å²) in [6, 6.07) is 0. The molecule has 0 amide bonds. The number of aliphatic carboxylic acids is 1. The lowest BCUT2D eigenvalue weighted by atomic mass is 10.1. The smallest absolute Gasteiger partial charge is 0.469 e. The van der Waals surface area contributed by atoms with Gasteiger partial charge in [-0.05, 0) is 0 Å². The SMILES string of the molecule is C=CC(=O)O.C=CC(=O)OC(F)(F)C(F)(F)C(F)CC(F)(F)F. The number of halogens is 8. The molecule has 0 aliphatic rings. The highest BCUT2D eigenvalue weighted by Gasteiger charge is 2.66. The van der Waals surface area contributed by atoms with Crippen molar-refractivity contribution in [3.8, 4) is 0 Å². The Bertz CT molecular complexity index is 444. The highest BCUT2D eigenvalue weighted by molar-refractivity contribution is 5.81. The minimum absolute atomic E-state index is 0.0704. The first-order valence-corrected chi connectivity index (χ1v) is 5.28. The van der Waals surface area contributed by atoms with Crippen LogP contribution in [0.3, 0.4) is 0 Å². The third-order valence-electron chi connectivity index (χ3n) is 1.76. The first kappa shape index (κ1) is 23.1. The molecule has 1 N–H and O–H groups in total. The van der Waals surface area contributed by atoms with Crippen molar-refractivity contribution in [3.05, 3.63) is 25.3 Å². The number of carboxylic acids is 1. The van der Waals surface area contributed by atoms with E-state index >= 15 is 0 Å². The van der Waals surface area contributed by atoms with Crippen LogP contribution < -0.4 is 0 Å². The molecule has 12 heteroatoms. The molecule has 0 aromatic carbocycles. The molecule has 0 saturated heterocycles. The van der Waals surface area contributed by atoms with Crippen LogP contribution in [0.5, 0.6) is 0 Å². The molecule has 0 aromatic rings. The van der Waals surface area contributed by atoms with Gasteiger partial charge in [-0.25, -0.2) is 14.0 Å². The molecule has 0 radical (unpaired) electrons. The van der Waals surface area contributed by atoms with Gasteiger partial charge in [-0.1, -0.05) is 13.2 Å². The van der Waals surface area contributed by atoms with Crippen molar-refractivity contribution in [1.82, 2.24) is 0 Å². The largest absolute Gasteiger partial charge is 0.478 e. The van der Waals surface area contributed by atoms with Gasteiger partial charge in [-0.2, -0.15) is 30.7 Å². The van der Waals surface area contributed by atoms with Crippen molar-refractivity contribution >= 4 is 11.9 Å². The third kappa shape index (κ3) is 8.78. The van der Waals surface area contributed by atoms with Gasteiger partial charge in [-0.15, -0.1) is 0 Å². The molecule has 0 spiro atoms. The topological polar surface area (TPSA) is 63.6 Å². The molecule has 1 unspecified atom stereocenters. The van der Waals surface area contributed by atoms with E-state index in [1.165, 1.54) is 0 Å². The standard InChI is InChI=1S/C8H6F8O2.C3H4O2/c1-2-5(17)18-8(15,16)7(13,14)4(9)3-6(10,11)12;1-2-3(4)5/h2,4H,1,3H2;2H,1H2,(H,4,5). The highest BCUT2D eigenvalue weighted by Crippen LogP contribution is 2.42. The molecule has 0 saturated carbocycles. The van der Waals surface area contributed by atoms with E-state index in [2.05, 4.69) is 17.9 Å². The van der Waals surface area contributed by atoms with E-state index in [-0.39, 0.29) is 6.08 Å². The zero-order valence-corrected chi connectivity index (χ0v) is 11.0. The third-order valence-corrected chi connectivity index (χ3v) is 1.76. The molecule has 0 bridgehead atoms. The van der Waals surface area contributed by atoms with Crippen LogP contribution in [0.2, 0.25) is 0 Å². The van der Waals surface area contributed by atoms with E-state index in [1.807, 2.05) is 0 Å². The maximum Gasteiger partial charge on any atom is 0.469 e. The lowest BCUT2D eigenvalue weighted by Gasteiger charge is -2.28. The molecule has 0 aromatic heterocycles. The number of hydrogen-bond donors (Lipinski definition) is 1. The van der Waals surface area contributed by atoms with Gasteiger partial charge >= 0.3 is 30.1 Å². The van der Waals surface area contributed by atoms with E-state index in [4.69, 9.17) is 5.11 Å². The molecule has 0 fully saturated rings. The lowest BCUT2D eigenvalue weighted by molar-refractivity contribution is -0.349. The van der Waals surface area contributed by atoms with Crippen LogP contribution >= 0.6 is 0 Å². The molecule has 0 aliphatic carbocycles. The van der Waals surface area contributed by atoms with Crippen molar-refractivity contribution in [3.63, 3.8) is 0 Å². The average molecular weight is 358 g/mol. The first-order valence-electron chi connectivity index (χ1n) is 5.28. The number of esters is 1. The van der Waals surface area contributed by atoms with Crippen molar-refractivity contribution in [2.75, 3.05) is 0 Å². The maximum atomic E-state index is 12.7. The average Bonchev–Trinajstić information content (AvgIpc) is 2.36. The van der Waals surface area contributed by atoms with Crippen LogP contribution in [0, 0.1) is 0 Å².